The van der Waals surface area contributed by atoms with Crippen molar-refractivity contribution in [1.29, 1.82) is 0 Å². The number of aryl methyl sites for hydroxylation is 1. The highest BCUT2D eigenvalue weighted by Crippen LogP contribution is 2.43. The van der Waals surface area contributed by atoms with Gasteiger partial charge in [0.1, 0.15) is 5.82 Å². The summed E-state index contributed by atoms with van der Waals surface area (Å²) in [5, 5.41) is 0. The number of nitrogens with two attached hydrogens (primary N) is 1. The molecular formula is C11H9FN2O2. The largest absolute Gasteiger partial charge is 0.443 e. The maximum atomic E-state index is 13.0. The molecule has 82 valence electrons. The van der Waals surface area contributed by atoms with Gasteiger partial charge in [0.05, 0.1) is 0 Å². The second-order valence-electron chi connectivity index (χ2n) is 3.99. The molecule has 1 heterocycles. The molecule has 0 bridgehead atoms. The smallest absolute Gasteiger partial charge is 0.299 e. The minimum atomic E-state index is -1.09. The minimum absolute atomic E-state index is 0.109. The van der Waals surface area contributed by atoms with Gasteiger partial charge in [0.25, 0.3) is 11.9 Å². The Balaban J connectivity index is 2.14. The van der Waals surface area contributed by atoms with E-state index in [1.54, 1.807) is 6.07 Å². The standard InChI is InChI=1S/C11H9FN2O2/c12-7-1-2-8-6(5-7)3-4-11(8)9(15)14-10(13)16-11/h1-2,5H,3-4H2,(H2,13,14,15). The van der Waals surface area contributed by atoms with Crippen LogP contribution in [-0.4, -0.2) is 11.9 Å². The fraction of sp³-hybridized carbons (Fsp3) is 0.273. The summed E-state index contributed by atoms with van der Waals surface area (Å²) in [7, 11) is 0. The number of carbonyl (C=O) groups excluding carboxylic acids is 1. The van der Waals surface area contributed by atoms with Crippen molar-refractivity contribution >= 4 is 11.9 Å². The normalized spacial score (nSPS) is 26.8. The summed E-state index contributed by atoms with van der Waals surface area (Å²) < 4.78 is 18.4. The van der Waals surface area contributed by atoms with E-state index in [9.17, 15) is 9.18 Å². The van der Waals surface area contributed by atoms with E-state index in [0.29, 0.717) is 18.4 Å². The Bertz CT molecular complexity index is 527. The van der Waals surface area contributed by atoms with Crippen LogP contribution in [0.25, 0.3) is 0 Å². The second-order valence-corrected chi connectivity index (χ2v) is 3.99. The fourth-order valence-corrected chi connectivity index (χ4v) is 2.37. The summed E-state index contributed by atoms with van der Waals surface area (Å²) in [6.45, 7) is 0. The maximum absolute atomic E-state index is 13.0. The Morgan fingerprint density at radius 3 is 3.00 bits per heavy atom. The molecule has 1 aromatic rings. The fourth-order valence-electron chi connectivity index (χ4n) is 2.37. The van der Waals surface area contributed by atoms with Crippen molar-refractivity contribution in [1.82, 2.24) is 0 Å². The van der Waals surface area contributed by atoms with Crippen molar-refractivity contribution in [2.45, 2.75) is 18.4 Å². The number of rotatable bonds is 0. The Hall–Kier alpha value is -1.91. The first-order chi connectivity index (χ1) is 7.62. The van der Waals surface area contributed by atoms with Crippen LogP contribution in [0.5, 0.6) is 0 Å². The van der Waals surface area contributed by atoms with Crippen LogP contribution in [0.3, 0.4) is 0 Å². The second kappa shape index (κ2) is 2.81. The first-order valence-electron chi connectivity index (χ1n) is 4.98. The summed E-state index contributed by atoms with van der Waals surface area (Å²) in [6.07, 6.45) is 1.07. The summed E-state index contributed by atoms with van der Waals surface area (Å²) >= 11 is 0. The number of aliphatic imine (C=N–C) groups is 1. The SMILES string of the molecule is NC1=NC(=O)C2(CCc3cc(F)ccc32)O1. The molecule has 1 aliphatic carbocycles. The molecule has 1 aliphatic heterocycles. The minimum Gasteiger partial charge on any atom is -0.443 e. The number of carbonyl (C=O) groups is 1. The van der Waals surface area contributed by atoms with Gasteiger partial charge in [-0.2, -0.15) is 4.99 Å². The number of halogens is 1. The van der Waals surface area contributed by atoms with Gasteiger partial charge in [-0.05, 0) is 24.1 Å². The molecule has 0 saturated heterocycles. The van der Waals surface area contributed by atoms with Gasteiger partial charge in [0.2, 0.25) is 5.60 Å². The lowest BCUT2D eigenvalue weighted by atomic mass is 9.95. The van der Waals surface area contributed by atoms with Gasteiger partial charge in [-0.25, -0.2) is 4.39 Å². The highest BCUT2D eigenvalue weighted by atomic mass is 19.1. The molecule has 2 aliphatic rings. The molecule has 0 fully saturated rings. The number of amides is 1. The Morgan fingerprint density at radius 2 is 2.31 bits per heavy atom. The number of amidine groups is 1. The zero-order chi connectivity index (χ0) is 11.3. The van der Waals surface area contributed by atoms with Gasteiger partial charge < -0.3 is 10.5 Å². The van der Waals surface area contributed by atoms with Gasteiger partial charge in [0.15, 0.2) is 0 Å². The van der Waals surface area contributed by atoms with Gasteiger partial charge in [0, 0.05) is 12.0 Å². The number of nitrogens with zero attached hydrogens (tertiary/aromatic N) is 1. The lowest BCUT2D eigenvalue weighted by molar-refractivity contribution is -0.131. The van der Waals surface area contributed by atoms with E-state index < -0.39 is 11.5 Å². The molecule has 1 aromatic carbocycles. The quantitative estimate of drug-likeness (QED) is 0.704. The molecular weight excluding hydrogens is 211 g/mol. The molecule has 3 rings (SSSR count). The lowest BCUT2D eigenvalue weighted by Gasteiger charge is -2.21. The van der Waals surface area contributed by atoms with E-state index in [-0.39, 0.29) is 11.8 Å². The molecule has 5 heteroatoms. The molecule has 4 nitrogen and oxygen atoms in total. The maximum Gasteiger partial charge on any atom is 0.299 e. The van der Waals surface area contributed by atoms with Crippen LogP contribution < -0.4 is 5.73 Å². The number of benzene rings is 1. The molecule has 1 atom stereocenters. The molecule has 1 spiro atoms. The Morgan fingerprint density at radius 1 is 1.50 bits per heavy atom. The monoisotopic (exact) mass is 220 g/mol. The highest BCUT2D eigenvalue weighted by Gasteiger charge is 2.51. The van der Waals surface area contributed by atoms with E-state index >= 15 is 0 Å². The van der Waals surface area contributed by atoms with Gasteiger partial charge in [-0.1, -0.05) is 6.07 Å². The average molecular weight is 220 g/mol. The van der Waals surface area contributed by atoms with E-state index in [1.807, 2.05) is 0 Å². The van der Waals surface area contributed by atoms with Gasteiger partial charge in [-0.3, -0.25) is 4.79 Å². The molecule has 2 N–H and O–H groups in total. The van der Waals surface area contributed by atoms with E-state index in [4.69, 9.17) is 10.5 Å². The van der Waals surface area contributed by atoms with Crippen LogP contribution >= 0.6 is 0 Å². The molecule has 0 radical (unpaired) electrons. The highest BCUT2D eigenvalue weighted by molar-refractivity contribution is 6.02. The zero-order valence-electron chi connectivity index (χ0n) is 8.37. The van der Waals surface area contributed by atoms with Crippen molar-refractivity contribution < 1.29 is 13.9 Å². The predicted octanol–water partition coefficient (Wildman–Crippen LogP) is 0.839. The summed E-state index contributed by atoms with van der Waals surface area (Å²) in [5.74, 6) is -0.703. The van der Waals surface area contributed by atoms with Crippen LogP contribution in [0.4, 0.5) is 4.39 Å². The van der Waals surface area contributed by atoms with Crippen molar-refractivity contribution in [3.05, 3.63) is 35.1 Å². The Labute approximate surface area is 90.9 Å². The van der Waals surface area contributed by atoms with E-state index in [0.717, 1.165) is 5.56 Å². The van der Waals surface area contributed by atoms with Crippen LogP contribution in [-0.2, 0) is 21.6 Å². The third-order valence-electron chi connectivity index (χ3n) is 3.08. The number of fused-ring (bicyclic) bond motifs is 2. The summed E-state index contributed by atoms with van der Waals surface area (Å²) in [5.41, 5.74) is 5.78. The van der Waals surface area contributed by atoms with Crippen molar-refractivity contribution in [3.8, 4) is 0 Å². The number of hydrogen-bond donors (Lipinski definition) is 1. The van der Waals surface area contributed by atoms with Crippen LogP contribution in [0.2, 0.25) is 0 Å². The lowest BCUT2D eigenvalue weighted by Crippen LogP contribution is -2.32. The van der Waals surface area contributed by atoms with Gasteiger partial charge >= 0.3 is 0 Å². The molecule has 1 unspecified atom stereocenters. The predicted molar refractivity (Wildman–Crippen MR) is 54.1 cm³/mol. The Kier molecular flexibility index (Phi) is 1.64. The topological polar surface area (TPSA) is 64.7 Å². The summed E-state index contributed by atoms with van der Waals surface area (Å²) in [6, 6.07) is 4.21. The number of hydrogen-bond acceptors (Lipinski definition) is 3. The average Bonchev–Trinajstić information content (AvgIpc) is 2.70. The number of ether oxygens (including phenoxy) is 1. The zero-order valence-corrected chi connectivity index (χ0v) is 8.37. The van der Waals surface area contributed by atoms with Crippen molar-refractivity contribution in [3.63, 3.8) is 0 Å². The van der Waals surface area contributed by atoms with E-state index in [1.165, 1.54) is 12.1 Å². The van der Waals surface area contributed by atoms with Crippen LogP contribution in [0.1, 0.15) is 17.5 Å². The van der Waals surface area contributed by atoms with E-state index in [2.05, 4.69) is 4.99 Å². The third-order valence-corrected chi connectivity index (χ3v) is 3.08. The first-order valence-corrected chi connectivity index (χ1v) is 4.98. The third kappa shape index (κ3) is 1.02. The van der Waals surface area contributed by atoms with Crippen molar-refractivity contribution in [2.24, 2.45) is 10.7 Å². The molecule has 16 heavy (non-hydrogen) atoms. The van der Waals surface area contributed by atoms with Crippen molar-refractivity contribution in [2.75, 3.05) is 0 Å². The van der Waals surface area contributed by atoms with Crippen LogP contribution in [0.15, 0.2) is 23.2 Å². The molecule has 0 aromatic heterocycles. The first kappa shape index (κ1) is 9.33. The van der Waals surface area contributed by atoms with Gasteiger partial charge in [-0.15, -0.1) is 0 Å². The molecule has 0 saturated carbocycles. The summed E-state index contributed by atoms with van der Waals surface area (Å²) in [4.78, 5) is 15.4. The van der Waals surface area contributed by atoms with Crippen LogP contribution in [0, 0.1) is 5.82 Å². The molecule has 1 amide bonds.